The van der Waals surface area contributed by atoms with E-state index in [9.17, 15) is 0 Å². The molecule has 1 nitrogen and oxygen atoms in total. The minimum absolute atomic E-state index is 0.785. The van der Waals surface area contributed by atoms with E-state index in [1.165, 1.54) is 25.9 Å². The first-order valence-electron chi connectivity index (χ1n) is 5.43. The summed E-state index contributed by atoms with van der Waals surface area (Å²) in [6.07, 6.45) is 2.80. The summed E-state index contributed by atoms with van der Waals surface area (Å²) in [7, 11) is 0. The van der Waals surface area contributed by atoms with Crippen LogP contribution in [0.25, 0.3) is 0 Å². The molecule has 0 aliphatic carbocycles. The van der Waals surface area contributed by atoms with Crippen LogP contribution in [0.5, 0.6) is 0 Å². The zero-order valence-corrected chi connectivity index (χ0v) is 10.7. The van der Waals surface area contributed by atoms with Gasteiger partial charge in [-0.25, -0.2) is 0 Å². The normalized spacial score (nSPS) is 33.2. The maximum Gasteiger partial charge on any atom is 0.00692 e. The Labute approximate surface area is 91.0 Å². The molecule has 0 bridgehead atoms. The van der Waals surface area contributed by atoms with Crippen molar-refractivity contribution < 1.29 is 0 Å². The van der Waals surface area contributed by atoms with Crippen LogP contribution in [-0.2, 0) is 0 Å². The van der Waals surface area contributed by atoms with Crippen molar-refractivity contribution in [1.82, 2.24) is 4.90 Å². The zero-order valence-electron chi connectivity index (χ0n) is 9.09. The van der Waals surface area contributed by atoms with E-state index in [0.29, 0.717) is 0 Å². The van der Waals surface area contributed by atoms with Gasteiger partial charge < -0.3 is 4.90 Å². The highest BCUT2D eigenvalue weighted by molar-refractivity contribution is 9.09. The van der Waals surface area contributed by atoms with Gasteiger partial charge in [0.1, 0.15) is 0 Å². The molecule has 0 spiro atoms. The van der Waals surface area contributed by atoms with Crippen molar-refractivity contribution >= 4 is 15.9 Å². The van der Waals surface area contributed by atoms with Crippen LogP contribution < -0.4 is 0 Å². The first-order chi connectivity index (χ1) is 6.13. The lowest BCUT2D eigenvalue weighted by Crippen LogP contribution is -2.43. The molecule has 1 saturated heterocycles. The molecule has 1 rings (SSSR count). The van der Waals surface area contributed by atoms with Gasteiger partial charge in [-0.05, 0) is 31.6 Å². The lowest BCUT2D eigenvalue weighted by atomic mass is 9.94. The van der Waals surface area contributed by atoms with Crippen molar-refractivity contribution in [2.45, 2.75) is 39.7 Å². The molecule has 2 heteroatoms. The van der Waals surface area contributed by atoms with Gasteiger partial charge in [-0.1, -0.05) is 29.8 Å². The molecule has 0 aromatic heterocycles. The van der Waals surface area contributed by atoms with Gasteiger partial charge in [0.05, 0.1) is 0 Å². The summed E-state index contributed by atoms with van der Waals surface area (Å²) in [4.78, 5) is 2.65. The number of nitrogens with zero attached hydrogens (tertiary/aromatic N) is 1. The highest BCUT2D eigenvalue weighted by atomic mass is 79.9. The van der Waals surface area contributed by atoms with Crippen LogP contribution in [0.15, 0.2) is 0 Å². The van der Waals surface area contributed by atoms with E-state index in [4.69, 9.17) is 0 Å². The van der Waals surface area contributed by atoms with E-state index in [1.807, 2.05) is 0 Å². The standard InChI is InChI=1S/C11H22BrN/c1-9-4-5-11(3)13(7-9)8-10(2)6-12/h9-11H,4-8H2,1-3H3. The molecule has 1 aliphatic rings. The van der Waals surface area contributed by atoms with E-state index in [-0.39, 0.29) is 0 Å². The van der Waals surface area contributed by atoms with Crippen LogP contribution in [-0.4, -0.2) is 29.4 Å². The molecule has 78 valence electrons. The minimum Gasteiger partial charge on any atom is -0.300 e. The SMILES string of the molecule is CC(CBr)CN1CC(C)CCC1C. The fourth-order valence-electron chi connectivity index (χ4n) is 2.08. The van der Waals surface area contributed by atoms with Crippen molar-refractivity contribution in [3.05, 3.63) is 0 Å². The number of rotatable bonds is 3. The molecule has 0 radical (unpaired) electrons. The van der Waals surface area contributed by atoms with Crippen molar-refractivity contribution in [3.63, 3.8) is 0 Å². The quantitative estimate of drug-likeness (QED) is 0.693. The number of hydrogen-bond donors (Lipinski definition) is 0. The Balaban J connectivity index is 2.37. The smallest absolute Gasteiger partial charge is 0.00692 e. The van der Waals surface area contributed by atoms with E-state index in [1.54, 1.807) is 0 Å². The molecule has 1 aliphatic heterocycles. The Morgan fingerprint density at radius 1 is 1.38 bits per heavy atom. The lowest BCUT2D eigenvalue weighted by molar-refractivity contribution is 0.112. The molecule has 0 aromatic rings. The molecule has 0 saturated carbocycles. The Morgan fingerprint density at radius 2 is 2.08 bits per heavy atom. The van der Waals surface area contributed by atoms with E-state index >= 15 is 0 Å². The Hall–Kier alpha value is 0.440. The van der Waals surface area contributed by atoms with Crippen LogP contribution in [0, 0.1) is 11.8 Å². The second-order valence-electron chi connectivity index (χ2n) is 4.74. The Bertz CT molecular complexity index is 149. The maximum atomic E-state index is 3.55. The molecule has 0 aromatic carbocycles. The van der Waals surface area contributed by atoms with Gasteiger partial charge in [-0.2, -0.15) is 0 Å². The van der Waals surface area contributed by atoms with E-state index in [2.05, 4.69) is 41.6 Å². The van der Waals surface area contributed by atoms with Crippen molar-refractivity contribution in [1.29, 1.82) is 0 Å². The zero-order chi connectivity index (χ0) is 9.84. The van der Waals surface area contributed by atoms with Gasteiger partial charge in [0.2, 0.25) is 0 Å². The molecule has 3 atom stereocenters. The third kappa shape index (κ3) is 3.59. The van der Waals surface area contributed by atoms with E-state index in [0.717, 1.165) is 23.2 Å². The summed E-state index contributed by atoms with van der Waals surface area (Å²) in [6, 6.07) is 0.803. The monoisotopic (exact) mass is 247 g/mol. The summed E-state index contributed by atoms with van der Waals surface area (Å²) in [5.74, 6) is 1.69. The van der Waals surface area contributed by atoms with Gasteiger partial charge in [0.15, 0.2) is 0 Å². The highest BCUT2D eigenvalue weighted by Crippen LogP contribution is 2.22. The number of likely N-dealkylation sites (tertiary alicyclic amines) is 1. The molecule has 0 N–H and O–H groups in total. The topological polar surface area (TPSA) is 3.24 Å². The van der Waals surface area contributed by atoms with Crippen LogP contribution in [0.3, 0.4) is 0 Å². The second kappa shape index (κ2) is 5.35. The first kappa shape index (κ1) is 11.5. The molecule has 1 heterocycles. The van der Waals surface area contributed by atoms with Crippen LogP contribution >= 0.6 is 15.9 Å². The number of hydrogen-bond acceptors (Lipinski definition) is 1. The third-order valence-corrected chi connectivity index (χ3v) is 4.16. The second-order valence-corrected chi connectivity index (χ2v) is 5.39. The van der Waals surface area contributed by atoms with Crippen LogP contribution in [0.1, 0.15) is 33.6 Å². The van der Waals surface area contributed by atoms with Gasteiger partial charge in [0.25, 0.3) is 0 Å². The van der Waals surface area contributed by atoms with Crippen molar-refractivity contribution in [2.24, 2.45) is 11.8 Å². The summed E-state index contributed by atoms with van der Waals surface area (Å²) in [6.45, 7) is 9.63. The number of piperidine rings is 1. The maximum absolute atomic E-state index is 3.55. The predicted octanol–water partition coefficient (Wildman–Crippen LogP) is 3.14. The average molecular weight is 248 g/mol. The fraction of sp³-hybridized carbons (Fsp3) is 1.00. The summed E-state index contributed by atoms with van der Waals surface area (Å²) < 4.78 is 0. The Kier molecular flexibility index (Phi) is 4.74. The van der Waals surface area contributed by atoms with Gasteiger partial charge in [0, 0.05) is 24.5 Å². The van der Waals surface area contributed by atoms with E-state index < -0.39 is 0 Å². The first-order valence-corrected chi connectivity index (χ1v) is 6.55. The highest BCUT2D eigenvalue weighted by Gasteiger charge is 2.23. The molecular formula is C11H22BrN. The molecule has 13 heavy (non-hydrogen) atoms. The minimum atomic E-state index is 0.785. The third-order valence-electron chi connectivity index (χ3n) is 3.06. The molecular weight excluding hydrogens is 226 g/mol. The fourth-order valence-corrected chi connectivity index (χ4v) is 2.29. The Morgan fingerprint density at radius 3 is 2.69 bits per heavy atom. The summed E-state index contributed by atoms with van der Waals surface area (Å²) in [5.41, 5.74) is 0. The summed E-state index contributed by atoms with van der Waals surface area (Å²) in [5, 5.41) is 1.13. The van der Waals surface area contributed by atoms with Gasteiger partial charge in [-0.15, -0.1) is 0 Å². The van der Waals surface area contributed by atoms with Gasteiger partial charge >= 0.3 is 0 Å². The lowest BCUT2D eigenvalue weighted by Gasteiger charge is -2.38. The largest absolute Gasteiger partial charge is 0.300 e. The van der Waals surface area contributed by atoms with Gasteiger partial charge in [-0.3, -0.25) is 0 Å². The van der Waals surface area contributed by atoms with Crippen molar-refractivity contribution in [3.8, 4) is 0 Å². The average Bonchev–Trinajstić information content (AvgIpc) is 2.11. The predicted molar refractivity (Wildman–Crippen MR) is 62.4 cm³/mol. The van der Waals surface area contributed by atoms with Crippen molar-refractivity contribution in [2.75, 3.05) is 18.4 Å². The number of alkyl halides is 1. The van der Waals surface area contributed by atoms with Crippen LogP contribution in [0.4, 0.5) is 0 Å². The number of halogens is 1. The summed E-state index contributed by atoms with van der Waals surface area (Å²) >= 11 is 3.55. The molecule has 3 unspecified atom stereocenters. The molecule has 0 amide bonds. The van der Waals surface area contributed by atoms with Crippen LogP contribution in [0.2, 0.25) is 0 Å². The molecule has 1 fully saturated rings.